The van der Waals surface area contributed by atoms with E-state index in [1.54, 1.807) is 27.7 Å². The first-order valence-corrected chi connectivity index (χ1v) is 13.5. The maximum absolute atomic E-state index is 12.1. The molecule has 3 rings (SSSR count). The van der Waals surface area contributed by atoms with Crippen molar-refractivity contribution in [3.05, 3.63) is 23.4 Å². The summed E-state index contributed by atoms with van der Waals surface area (Å²) in [4.78, 5) is 40.2. The van der Waals surface area contributed by atoms with E-state index in [-0.39, 0.29) is 25.7 Å². The minimum absolute atomic E-state index is 0.0332. The zero-order chi connectivity index (χ0) is 27.7. The number of nitrogens with one attached hydrogen (secondary N) is 3. The fourth-order valence-electron chi connectivity index (χ4n) is 4.46. The SMILES string of the molecule is C[C@@H](CNC(=O)OC(C)(C)C)OC(=O)NC(CCO[C@H]1C[C@H](CCc2ccc3c(n2)NCCC3)C1)C(=O)O. The Kier molecular flexibility index (Phi) is 10.6. The second-order valence-corrected chi connectivity index (χ2v) is 11.1. The molecule has 1 aliphatic heterocycles. The fraction of sp³-hybridized carbons (Fsp3) is 0.704. The number of aliphatic carboxylic acids is 1. The van der Waals surface area contributed by atoms with Crippen molar-refractivity contribution in [2.75, 3.05) is 25.0 Å². The molecule has 2 amide bonds. The molecule has 1 saturated carbocycles. The highest BCUT2D eigenvalue weighted by atomic mass is 16.6. The Morgan fingerprint density at radius 1 is 1.21 bits per heavy atom. The fourth-order valence-corrected chi connectivity index (χ4v) is 4.46. The summed E-state index contributed by atoms with van der Waals surface area (Å²) in [5.74, 6) is 0.439. The predicted octanol–water partition coefficient (Wildman–Crippen LogP) is 3.65. The summed E-state index contributed by atoms with van der Waals surface area (Å²) in [7, 11) is 0. The van der Waals surface area contributed by atoms with Crippen LogP contribution in [0.4, 0.5) is 15.4 Å². The second-order valence-electron chi connectivity index (χ2n) is 11.1. The lowest BCUT2D eigenvalue weighted by Gasteiger charge is -2.35. The van der Waals surface area contributed by atoms with Gasteiger partial charge in [-0.05, 0) is 83.8 Å². The number of ether oxygens (including phenoxy) is 3. The van der Waals surface area contributed by atoms with Crippen molar-refractivity contribution in [2.45, 2.75) is 96.5 Å². The summed E-state index contributed by atoms with van der Waals surface area (Å²) >= 11 is 0. The molecule has 2 aliphatic rings. The van der Waals surface area contributed by atoms with Gasteiger partial charge in [0.25, 0.3) is 0 Å². The van der Waals surface area contributed by atoms with Gasteiger partial charge in [-0.25, -0.2) is 19.4 Å². The number of rotatable bonds is 12. The van der Waals surface area contributed by atoms with Crippen LogP contribution in [0.2, 0.25) is 0 Å². The number of hydrogen-bond donors (Lipinski definition) is 4. The molecule has 2 atom stereocenters. The monoisotopic (exact) mass is 534 g/mol. The zero-order valence-corrected chi connectivity index (χ0v) is 22.9. The van der Waals surface area contributed by atoms with Gasteiger partial charge >= 0.3 is 18.2 Å². The number of carbonyl (C=O) groups is 3. The van der Waals surface area contributed by atoms with Crippen LogP contribution in [-0.4, -0.2) is 71.8 Å². The Morgan fingerprint density at radius 2 is 1.97 bits per heavy atom. The van der Waals surface area contributed by atoms with Gasteiger partial charge in [-0.1, -0.05) is 6.07 Å². The summed E-state index contributed by atoms with van der Waals surface area (Å²) in [6.07, 6.45) is 4.18. The molecule has 0 spiro atoms. The maximum atomic E-state index is 12.1. The van der Waals surface area contributed by atoms with E-state index < -0.39 is 35.9 Å². The third-order valence-electron chi connectivity index (χ3n) is 6.54. The Bertz CT molecular complexity index is 959. The number of aromatic nitrogens is 1. The Morgan fingerprint density at radius 3 is 2.68 bits per heavy atom. The summed E-state index contributed by atoms with van der Waals surface area (Å²) < 4.78 is 16.1. The molecule has 1 fully saturated rings. The highest BCUT2D eigenvalue weighted by molar-refractivity contribution is 5.79. The molecule has 1 aliphatic carbocycles. The third-order valence-corrected chi connectivity index (χ3v) is 6.54. The number of hydrogen-bond acceptors (Lipinski definition) is 8. The van der Waals surface area contributed by atoms with Crippen LogP contribution < -0.4 is 16.0 Å². The molecule has 4 N–H and O–H groups in total. The number of fused-ring (bicyclic) bond motifs is 1. The first-order valence-electron chi connectivity index (χ1n) is 13.5. The molecule has 212 valence electrons. The molecule has 0 saturated heterocycles. The van der Waals surface area contributed by atoms with Gasteiger partial charge < -0.3 is 35.3 Å². The van der Waals surface area contributed by atoms with E-state index in [0.29, 0.717) is 5.92 Å². The molecular weight excluding hydrogens is 492 g/mol. The van der Waals surface area contributed by atoms with Crippen LogP contribution in [0, 0.1) is 5.92 Å². The number of anilines is 1. The van der Waals surface area contributed by atoms with E-state index in [9.17, 15) is 19.5 Å². The van der Waals surface area contributed by atoms with Crippen molar-refractivity contribution in [2.24, 2.45) is 5.92 Å². The maximum Gasteiger partial charge on any atom is 0.408 e. The minimum atomic E-state index is -1.16. The number of carbonyl (C=O) groups excluding carboxylic acids is 2. The van der Waals surface area contributed by atoms with E-state index in [2.05, 4.69) is 28.1 Å². The van der Waals surface area contributed by atoms with E-state index in [1.165, 1.54) is 5.56 Å². The van der Waals surface area contributed by atoms with Gasteiger partial charge in [-0.15, -0.1) is 0 Å². The van der Waals surface area contributed by atoms with Gasteiger partial charge in [0.15, 0.2) is 0 Å². The smallest absolute Gasteiger partial charge is 0.408 e. The summed E-state index contributed by atoms with van der Waals surface area (Å²) in [6.45, 7) is 8.05. The molecule has 11 nitrogen and oxygen atoms in total. The molecule has 2 heterocycles. The van der Waals surface area contributed by atoms with Crippen LogP contribution in [0.15, 0.2) is 12.1 Å². The lowest BCUT2D eigenvalue weighted by atomic mass is 9.79. The summed E-state index contributed by atoms with van der Waals surface area (Å²) in [5, 5.41) is 17.7. The number of amides is 2. The predicted molar refractivity (Wildman–Crippen MR) is 141 cm³/mol. The largest absolute Gasteiger partial charge is 0.480 e. The zero-order valence-electron chi connectivity index (χ0n) is 22.9. The first-order chi connectivity index (χ1) is 18.0. The lowest BCUT2D eigenvalue weighted by Crippen LogP contribution is -2.44. The number of pyridine rings is 1. The quantitative estimate of drug-likeness (QED) is 0.315. The molecule has 0 radical (unpaired) electrons. The van der Waals surface area contributed by atoms with Gasteiger partial charge in [-0.3, -0.25) is 0 Å². The van der Waals surface area contributed by atoms with Crippen LogP contribution in [0.3, 0.4) is 0 Å². The van der Waals surface area contributed by atoms with Crippen LogP contribution in [-0.2, 0) is 31.8 Å². The highest BCUT2D eigenvalue weighted by Crippen LogP contribution is 2.34. The minimum Gasteiger partial charge on any atom is -0.480 e. The molecule has 0 aromatic carbocycles. The van der Waals surface area contributed by atoms with E-state index in [0.717, 1.165) is 56.6 Å². The van der Waals surface area contributed by atoms with Gasteiger partial charge in [0.1, 0.15) is 23.6 Å². The lowest BCUT2D eigenvalue weighted by molar-refractivity contribution is -0.140. The van der Waals surface area contributed by atoms with Gasteiger partial charge in [0.05, 0.1) is 12.6 Å². The van der Waals surface area contributed by atoms with Crippen molar-refractivity contribution in [3.63, 3.8) is 0 Å². The van der Waals surface area contributed by atoms with Crippen molar-refractivity contribution in [3.8, 4) is 0 Å². The Balaban J connectivity index is 1.28. The Hall–Kier alpha value is -3.08. The average molecular weight is 535 g/mol. The van der Waals surface area contributed by atoms with Crippen molar-refractivity contribution < 1.29 is 33.7 Å². The first kappa shape index (κ1) is 29.5. The van der Waals surface area contributed by atoms with E-state index >= 15 is 0 Å². The highest BCUT2D eigenvalue weighted by Gasteiger charge is 2.30. The van der Waals surface area contributed by atoms with Crippen molar-refractivity contribution in [1.29, 1.82) is 0 Å². The normalized spacial score (nSPS) is 20.1. The number of nitrogens with zero attached hydrogens (tertiary/aromatic N) is 1. The standard InChI is InChI=1S/C27H42N4O7/c1-17(16-29-25(34)38-27(2,3)4)37-26(35)31-22(24(32)33)11-13-36-21-14-18(15-21)7-9-20-10-8-19-6-5-12-28-23(19)30-20/h8,10,17-18,21-22H,5-7,9,11-16H2,1-4H3,(H,28,30)(H,29,34)(H,31,35)(H,32,33)/t17-,18-,21-,22?/m0/s1. The van der Waals surface area contributed by atoms with E-state index in [1.807, 2.05) is 0 Å². The molecular formula is C27H42N4O7. The molecule has 1 aromatic rings. The van der Waals surface area contributed by atoms with Gasteiger partial charge in [0.2, 0.25) is 0 Å². The van der Waals surface area contributed by atoms with Crippen LogP contribution in [0.5, 0.6) is 0 Å². The molecule has 1 unspecified atom stereocenters. The summed E-state index contributed by atoms with van der Waals surface area (Å²) in [5.41, 5.74) is 1.77. The van der Waals surface area contributed by atoms with Gasteiger partial charge in [0, 0.05) is 25.3 Å². The van der Waals surface area contributed by atoms with Crippen molar-refractivity contribution >= 4 is 24.0 Å². The molecule has 0 bridgehead atoms. The number of alkyl carbamates (subject to hydrolysis) is 2. The van der Waals surface area contributed by atoms with Gasteiger partial charge in [-0.2, -0.15) is 0 Å². The molecule has 1 aromatic heterocycles. The average Bonchev–Trinajstić information content (AvgIpc) is 2.81. The van der Waals surface area contributed by atoms with Crippen LogP contribution in [0.25, 0.3) is 0 Å². The summed E-state index contributed by atoms with van der Waals surface area (Å²) in [6, 6.07) is 3.18. The van der Waals surface area contributed by atoms with Crippen LogP contribution >= 0.6 is 0 Å². The third kappa shape index (κ3) is 10.00. The Labute approximate surface area is 224 Å². The molecule has 38 heavy (non-hydrogen) atoms. The van der Waals surface area contributed by atoms with Crippen molar-refractivity contribution in [1.82, 2.24) is 15.6 Å². The number of carboxylic acid groups (broad SMARTS) is 1. The van der Waals surface area contributed by atoms with Crippen LogP contribution in [0.1, 0.15) is 71.1 Å². The van der Waals surface area contributed by atoms with E-state index in [4.69, 9.17) is 19.2 Å². The topological polar surface area (TPSA) is 148 Å². The number of carboxylic acids is 1. The second kappa shape index (κ2) is 13.6. The number of aryl methyl sites for hydroxylation is 2. The molecule has 11 heteroatoms.